The quantitative estimate of drug-likeness (QED) is 0.714. The highest BCUT2D eigenvalue weighted by Crippen LogP contribution is 2.41. The number of para-hydroxylation sites is 1. The Hall–Kier alpha value is -3.34. The van der Waals surface area contributed by atoms with Gasteiger partial charge in [0.05, 0.1) is 12.7 Å². The van der Waals surface area contributed by atoms with E-state index in [-0.39, 0.29) is 24.3 Å². The van der Waals surface area contributed by atoms with Crippen molar-refractivity contribution in [2.24, 2.45) is 0 Å². The number of ether oxygens (including phenoxy) is 2. The third-order valence-corrected chi connectivity index (χ3v) is 6.04. The van der Waals surface area contributed by atoms with Crippen LogP contribution in [0.15, 0.2) is 71.1 Å². The molecule has 0 radical (unpaired) electrons. The number of methoxy groups -OCH3 is 1. The fourth-order valence-electron chi connectivity index (χ4n) is 4.27. The number of hydrogen-bond donors (Lipinski definition) is 1. The molecule has 2 aromatic rings. The minimum absolute atomic E-state index is 0.0535. The van der Waals surface area contributed by atoms with Crippen molar-refractivity contribution >= 4 is 11.8 Å². The van der Waals surface area contributed by atoms with E-state index in [1.807, 2.05) is 62.4 Å². The van der Waals surface area contributed by atoms with Gasteiger partial charge in [-0.25, -0.2) is 4.79 Å². The van der Waals surface area contributed by atoms with Crippen LogP contribution < -0.4 is 10.1 Å². The summed E-state index contributed by atoms with van der Waals surface area (Å²) < 4.78 is 11.0. The summed E-state index contributed by atoms with van der Waals surface area (Å²) in [4.78, 5) is 25.7. The molecule has 5 heteroatoms. The van der Waals surface area contributed by atoms with Crippen LogP contribution in [-0.2, 0) is 20.9 Å². The molecule has 0 bridgehead atoms. The zero-order valence-electron chi connectivity index (χ0n) is 18.2. The summed E-state index contributed by atoms with van der Waals surface area (Å²) >= 11 is 0. The van der Waals surface area contributed by atoms with Crippen LogP contribution in [0.2, 0.25) is 0 Å². The molecule has 2 aliphatic rings. The van der Waals surface area contributed by atoms with Crippen molar-refractivity contribution < 1.29 is 19.1 Å². The van der Waals surface area contributed by atoms with E-state index in [9.17, 15) is 9.59 Å². The molecular weight excluding hydrogens is 390 g/mol. The molecule has 0 aromatic heterocycles. The number of esters is 1. The lowest BCUT2D eigenvalue weighted by molar-refractivity contribution is -0.140. The van der Waals surface area contributed by atoms with Crippen LogP contribution >= 0.6 is 0 Å². The normalized spacial score (nSPS) is 18.4. The molecule has 0 saturated heterocycles. The molecule has 1 heterocycles. The van der Waals surface area contributed by atoms with Gasteiger partial charge in [-0.2, -0.15) is 0 Å². The van der Waals surface area contributed by atoms with Gasteiger partial charge in [-0.3, -0.25) is 4.79 Å². The Kier molecular flexibility index (Phi) is 5.94. The number of carbonyl (C=O) groups is 2. The Bertz CT molecular complexity index is 1080. The van der Waals surface area contributed by atoms with E-state index in [1.54, 1.807) is 7.11 Å². The Labute approximate surface area is 182 Å². The first-order chi connectivity index (χ1) is 15.0. The van der Waals surface area contributed by atoms with Gasteiger partial charge >= 0.3 is 5.97 Å². The predicted molar refractivity (Wildman–Crippen MR) is 118 cm³/mol. The molecular formula is C26H27NO4. The minimum atomic E-state index is -0.378. The van der Waals surface area contributed by atoms with Gasteiger partial charge in [0, 0.05) is 35.7 Å². The topological polar surface area (TPSA) is 64.6 Å². The van der Waals surface area contributed by atoms with E-state index in [1.165, 1.54) is 0 Å². The van der Waals surface area contributed by atoms with Gasteiger partial charge in [0.2, 0.25) is 0 Å². The molecule has 4 rings (SSSR count). The maximum Gasteiger partial charge on any atom is 0.336 e. The zero-order chi connectivity index (χ0) is 22.0. The molecule has 0 saturated carbocycles. The first-order valence-electron chi connectivity index (χ1n) is 10.5. The fourth-order valence-corrected chi connectivity index (χ4v) is 4.27. The monoisotopic (exact) mass is 417 g/mol. The van der Waals surface area contributed by atoms with Crippen molar-refractivity contribution in [3.8, 4) is 5.75 Å². The summed E-state index contributed by atoms with van der Waals surface area (Å²) in [5, 5.41) is 3.32. The average Bonchev–Trinajstić information content (AvgIpc) is 2.78. The minimum Gasteiger partial charge on any atom is -0.496 e. The lowest BCUT2D eigenvalue weighted by atomic mass is 9.78. The van der Waals surface area contributed by atoms with Gasteiger partial charge in [-0.1, -0.05) is 48.0 Å². The van der Waals surface area contributed by atoms with Crippen LogP contribution in [0.25, 0.3) is 0 Å². The molecule has 0 spiro atoms. The van der Waals surface area contributed by atoms with E-state index in [0.717, 1.165) is 33.8 Å². The molecule has 31 heavy (non-hydrogen) atoms. The molecule has 0 amide bonds. The molecule has 2 aromatic carbocycles. The highest BCUT2D eigenvalue weighted by molar-refractivity contribution is 6.01. The third-order valence-electron chi connectivity index (χ3n) is 6.04. The SMILES string of the molecule is COc1ccccc1[C@H]1CC(=O)C2=C(C1)NC(C)=C(C(=O)OCc1ccc(C)cc1)C2. The first-order valence-corrected chi connectivity index (χ1v) is 10.5. The Balaban J connectivity index is 1.47. The second-order valence-electron chi connectivity index (χ2n) is 8.19. The fraction of sp³-hybridized carbons (Fsp3) is 0.308. The van der Waals surface area contributed by atoms with E-state index in [2.05, 4.69) is 5.32 Å². The highest BCUT2D eigenvalue weighted by Gasteiger charge is 2.34. The summed E-state index contributed by atoms with van der Waals surface area (Å²) in [6.45, 7) is 4.09. The summed E-state index contributed by atoms with van der Waals surface area (Å²) in [6.07, 6.45) is 1.44. The number of nitrogens with one attached hydrogen (secondary N) is 1. The van der Waals surface area contributed by atoms with E-state index >= 15 is 0 Å². The van der Waals surface area contributed by atoms with Gasteiger partial charge in [0.1, 0.15) is 12.4 Å². The molecule has 1 N–H and O–H groups in total. The van der Waals surface area contributed by atoms with Gasteiger partial charge in [-0.05, 0) is 37.5 Å². The smallest absolute Gasteiger partial charge is 0.336 e. The standard InChI is InChI=1S/C26H27NO4/c1-16-8-10-18(11-9-16)15-31-26(29)21-14-22-23(27-17(21)2)12-19(13-24(22)28)20-6-4-5-7-25(20)30-3/h4-11,19,27H,12-15H2,1-3H3/t19-/m1/s1. The maximum absolute atomic E-state index is 13.0. The largest absolute Gasteiger partial charge is 0.496 e. The number of benzene rings is 2. The van der Waals surface area contributed by atoms with Crippen molar-refractivity contribution in [1.82, 2.24) is 5.32 Å². The maximum atomic E-state index is 13.0. The van der Waals surface area contributed by atoms with Gasteiger partial charge in [0.25, 0.3) is 0 Å². The number of hydrogen-bond acceptors (Lipinski definition) is 5. The van der Waals surface area contributed by atoms with Crippen LogP contribution in [0, 0.1) is 6.92 Å². The number of rotatable bonds is 5. The zero-order valence-corrected chi connectivity index (χ0v) is 18.2. The van der Waals surface area contributed by atoms with Crippen LogP contribution in [0.5, 0.6) is 5.75 Å². The van der Waals surface area contributed by atoms with Gasteiger partial charge < -0.3 is 14.8 Å². The molecule has 1 aliphatic heterocycles. The Morgan fingerprint density at radius 2 is 1.81 bits per heavy atom. The van der Waals surface area contributed by atoms with Gasteiger partial charge in [-0.15, -0.1) is 0 Å². The van der Waals surface area contributed by atoms with E-state index < -0.39 is 0 Å². The summed E-state index contributed by atoms with van der Waals surface area (Å²) in [7, 11) is 1.65. The van der Waals surface area contributed by atoms with Crippen molar-refractivity contribution in [3.05, 3.63) is 87.8 Å². The van der Waals surface area contributed by atoms with Crippen LogP contribution in [0.3, 0.4) is 0 Å². The van der Waals surface area contributed by atoms with Crippen molar-refractivity contribution in [2.45, 2.75) is 45.6 Å². The van der Waals surface area contributed by atoms with E-state index in [4.69, 9.17) is 9.47 Å². The number of ketones is 1. The second-order valence-corrected chi connectivity index (χ2v) is 8.19. The van der Waals surface area contributed by atoms with Crippen LogP contribution in [0.1, 0.15) is 48.8 Å². The van der Waals surface area contributed by atoms with Gasteiger partial charge in [0.15, 0.2) is 5.78 Å². The van der Waals surface area contributed by atoms with Crippen molar-refractivity contribution in [1.29, 1.82) is 0 Å². The lowest BCUT2D eigenvalue weighted by Gasteiger charge is -2.32. The summed E-state index contributed by atoms with van der Waals surface area (Å²) in [5.41, 5.74) is 6.01. The number of dihydropyridines is 1. The number of carbonyl (C=O) groups excluding carboxylic acids is 2. The Morgan fingerprint density at radius 3 is 2.55 bits per heavy atom. The lowest BCUT2D eigenvalue weighted by Crippen LogP contribution is -2.31. The van der Waals surface area contributed by atoms with Crippen molar-refractivity contribution in [2.75, 3.05) is 7.11 Å². The first kappa shape index (κ1) is 20.9. The Morgan fingerprint density at radius 1 is 1.06 bits per heavy atom. The predicted octanol–water partition coefficient (Wildman–Crippen LogP) is 4.71. The van der Waals surface area contributed by atoms with E-state index in [0.29, 0.717) is 30.4 Å². The molecule has 0 unspecified atom stereocenters. The average molecular weight is 418 g/mol. The van der Waals surface area contributed by atoms with Crippen molar-refractivity contribution in [3.63, 3.8) is 0 Å². The molecule has 1 aliphatic carbocycles. The third kappa shape index (κ3) is 4.41. The highest BCUT2D eigenvalue weighted by atomic mass is 16.5. The molecule has 1 atom stereocenters. The number of allylic oxidation sites excluding steroid dienone is 3. The summed E-state index contributed by atoms with van der Waals surface area (Å²) in [5.74, 6) is 0.545. The molecule has 160 valence electrons. The van der Waals surface area contributed by atoms with Crippen LogP contribution in [0.4, 0.5) is 0 Å². The molecule has 5 nitrogen and oxygen atoms in total. The number of aryl methyl sites for hydroxylation is 1. The van der Waals surface area contributed by atoms with Crippen LogP contribution in [-0.4, -0.2) is 18.9 Å². The number of Topliss-reactive ketones (excluding diaryl/α,β-unsaturated/α-hetero) is 1. The second kappa shape index (κ2) is 8.80. The molecule has 0 fully saturated rings. The summed E-state index contributed by atoms with van der Waals surface area (Å²) in [6, 6.07) is 15.7.